The predicted octanol–water partition coefficient (Wildman–Crippen LogP) is 3.86. The summed E-state index contributed by atoms with van der Waals surface area (Å²) in [6.07, 6.45) is 0. The van der Waals surface area contributed by atoms with Gasteiger partial charge in [-0.05, 0) is 25.5 Å². The Balaban J connectivity index is 1.63. The minimum absolute atomic E-state index is 0.0404. The van der Waals surface area contributed by atoms with Gasteiger partial charge in [0.2, 0.25) is 0 Å². The van der Waals surface area contributed by atoms with Gasteiger partial charge >= 0.3 is 0 Å². The highest BCUT2D eigenvalue weighted by Gasteiger charge is 2.36. The van der Waals surface area contributed by atoms with Crippen LogP contribution in [0.4, 0.5) is 0 Å². The van der Waals surface area contributed by atoms with Crippen LogP contribution in [0, 0.1) is 6.92 Å². The van der Waals surface area contributed by atoms with Crippen molar-refractivity contribution in [1.82, 2.24) is 0 Å². The molecule has 0 fully saturated rings. The van der Waals surface area contributed by atoms with E-state index in [2.05, 4.69) is 50.2 Å². The lowest BCUT2D eigenvalue weighted by Crippen LogP contribution is -2.29. The van der Waals surface area contributed by atoms with Crippen LogP contribution in [-0.4, -0.2) is 13.2 Å². The van der Waals surface area contributed by atoms with Crippen LogP contribution in [0.1, 0.15) is 23.6 Å². The van der Waals surface area contributed by atoms with E-state index in [9.17, 15) is 0 Å². The lowest BCUT2D eigenvalue weighted by molar-refractivity contribution is 0.0673. The van der Waals surface area contributed by atoms with E-state index in [1.54, 1.807) is 0 Å². The van der Waals surface area contributed by atoms with Crippen molar-refractivity contribution >= 4 is 0 Å². The summed E-state index contributed by atoms with van der Waals surface area (Å²) in [6.45, 7) is 6.32. The molecule has 2 heteroatoms. The van der Waals surface area contributed by atoms with Crippen molar-refractivity contribution in [2.24, 2.45) is 0 Å². The van der Waals surface area contributed by atoms with Crippen LogP contribution in [-0.2, 0) is 16.8 Å². The van der Waals surface area contributed by atoms with Gasteiger partial charge < -0.3 is 9.47 Å². The van der Waals surface area contributed by atoms with Crippen molar-refractivity contribution in [2.45, 2.75) is 25.9 Å². The number of fused-ring (bicyclic) bond motifs is 1. The molecule has 1 aliphatic heterocycles. The molecule has 0 saturated heterocycles. The van der Waals surface area contributed by atoms with Crippen molar-refractivity contribution in [3.8, 4) is 5.75 Å². The summed E-state index contributed by atoms with van der Waals surface area (Å²) in [5.41, 5.74) is 3.70. The summed E-state index contributed by atoms with van der Waals surface area (Å²) in [7, 11) is 0. The summed E-state index contributed by atoms with van der Waals surface area (Å²) in [5.74, 6) is 0.994. The lowest BCUT2D eigenvalue weighted by Gasteiger charge is -2.22. The largest absolute Gasteiger partial charge is 0.492 e. The van der Waals surface area contributed by atoms with Gasteiger partial charge in [-0.3, -0.25) is 0 Å². The molecule has 2 aromatic carbocycles. The van der Waals surface area contributed by atoms with E-state index in [0.29, 0.717) is 19.8 Å². The van der Waals surface area contributed by atoms with Gasteiger partial charge in [0.05, 0.1) is 25.2 Å². The molecular weight excluding hydrogens is 248 g/mol. The van der Waals surface area contributed by atoms with Gasteiger partial charge in [0.25, 0.3) is 0 Å². The summed E-state index contributed by atoms with van der Waals surface area (Å²) < 4.78 is 11.7. The first-order chi connectivity index (χ1) is 9.67. The maximum Gasteiger partial charge on any atom is 0.123 e. The van der Waals surface area contributed by atoms with Crippen LogP contribution < -0.4 is 4.74 Å². The molecule has 0 N–H and O–H groups in total. The van der Waals surface area contributed by atoms with Gasteiger partial charge in [-0.25, -0.2) is 0 Å². The molecule has 0 radical (unpaired) electrons. The Morgan fingerprint density at radius 1 is 1.10 bits per heavy atom. The Hall–Kier alpha value is -1.80. The van der Waals surface area contributed by atoms with Crippen LogP contribution >= 0.6 is 0 Å². The van der Waals surface area contributed by atoms with Gasteiger partial charge in [-0.2, -0.15) is 0 Å². The summed E-state index contributed by atoms with van der Waals surface area (Å²) in [5, 5.41) is 0. The maximum absolute atomic E-state index is 5.92. The number of hydrogen-bond donors (Lipinski definition) is 0. The Morgan fingerprint density at radius 3 is 2.65 bits per heavy atom. The fourth-order valence-electron chi connectivity index (χ4n) is 2.60. The van der Waals surface area contributed by atoms with E-state index in [1.807, 2.05) is 12.1 Å². The third kappa shape index (κ3) is 2.56. The second kappa shape index (κ2) is 5.29. The van der Waals surface area contributed by atoms with Gasteiger partial charge in [0.1, 0.15) is 5.75 Å². The van der Waals surface area contributed by atoms with Crippen molar-refractivity contribution in [3.63, 3.8) is 0 Å². The minimum atomic E-state index is -0.0404. The molecule has 0 aliphatic carbocycles. The van der Waals surface area contributed by atoms with Crippen molar-refractivity contribution in [2.75, 3.05) is 13.2 Å². The molecule has 1 unspecified atom stereocenters. The number of aryl methyl sites for hydroxylation is 1. The van der Waals surface area contributed by atoms with Crippen molar-refractivity contribution < 1.29 is 9.47 Å². The first kappa shape index (κ1) is 13.2. The quantitative estimate of drug-likeness (QED) is 0.838. The average molecular weight is 268 g/mol. The molecule has 0 aromatic heterocycles. The zero-order valence-electron chi connectivity index (χ0n) is 12.1. The highest BCUT2D eigenvalue weighted by Crippen LogP contribution is 2.38. The maximum atomic E-state index is 5.92. The molecule has 1 atom stereocenters. The zero-order valence-corrected chi connectivity index (χ0v) is 12.1. The van der Waals surface area contributed by atoms with E-state index in [-0.39, 0.29) is 5.41 Å². The molecule has 2 nitrogen and oxygen atoms in total. The van der Waals surface area contributed by atoms with Crippen LogP contribution in [0.2, 0.25) is 0 Å². The third-order valence-electron chi connectivity index (χ3n) is 3.89. The number of rotatable bonds is 4. The Bertz CT molecular complexity index is 589. The van der Waals surface area contributed by atoms with Gasteiger partial charge in [-0.1, -0.05) is 48.0 Å². The molecule has 3 rings (SSSR count). The van der Waals surface area contributed by atoms with Gasteiger partial charge in [0.15, 0.2) is 0 Å². The van der Waals surface area contributed by atoms with Crippen LogP contribution in [0.3, 0.4) is 0 Å². The zero-order chi connectivity index (χ0) is 14.0. The fourth-order valence-corrected chi connectivity index (χ4v) is 2.60. The van der Waals surface area contributed by atoms with Crippen molar-refractivity contribution in [3.05, 3.63) is 65.2 Å². The molecule has 2 aromatic rings. The molecule has 0 bridgehead atoms. The number of hydrogen-bond acceptors (Lipinski definition) is 2. The van der Waals surface area contributed by atoms with E-state index >= 15 is 0 Å². The van der Waals surface area contributed by atoms with Gasteiger partial charge in [0, 0.05) is 5.56 Å². The highest BCUT2D eigenvalue weighted by atomic mass is 16.5. The molecular formula is C18H20O2. The second-order valence-electron chi connectivity index (χ2n) is 5.82. The Morgan fingerprint density at radius 2 is 1.85 bits per heavy atom. The normalized spacial score (nSPS) is 20.5. The second-order valence-corrected chi connectivity index (χ2v) is 5.82. The standard InChI is InChI=1S/C18H20O2/c1-14-7-9-15(10-8-14)11-19-12-18(2)13-20-17-6-4-3-5-16(17)18/h3-10H,11-13H2,1-2H3. The summed E-state index contributed by atoms with van der Waals surface area (Å²) in [4.78, 5) is 0. The molecule has 104 valence electrons. The van der Waals surface area contributed by atoms with Crippen LogP contribution in [0.5, 0.6) is 5.75 Å². The summed E-state index contributed by atoms with van der Waals surface area (Å²) >= 11 is 0. The third-order valence-corrected chi connectivity index (χ3v) is 3.89. The molecule has 20 heavy (non-hydrogen) atoms. The smallest absolute Gasteiger partial charge is 0.123 e. The predicted molar refractivity (Wildman–Crippen MR) is 80.1 cm³/mol. The van der Waals surface area contributed by atoms with E-state index in [4.69, 9.17) is 9.47 Å². The molecule has 1 aliphatic rings. The van der Waals surface area contributed by atoms with E-state index < -0.39 is 0 Å². The lowest BCUT2D eigenvalue weighted by atomic mass is 9.85. The highest BCUT2D eigenvalue weighted by molar-refractivity contribution is 5.43. The minimum Gasteiger partial charge on any atom is -0.492 e. The monoisotopic (exact) mass is 268 g/mol. The Kier molecular flexibility index (Phi) is 3.49. The molecule has 0 saturated carbocycles. The number of para-hydroxylation sites is 1. The topological polar surface area (TPSA) is 18.5 Å². The average Bonchev–Trinajstić information content (AvgIpc) is 2.80. The first-order valence-electron chi connectivity index (χ1n) is 7.03. The molecule has 0 spiro atoms. The van der Waals surface area contributed by atoms with Crippen LogP contribution in [0.25, 0.3) is 0 Å². The fraction of sp³-hybridized carbons (Fsp3) is 0.333. The van der Waals surface area contributed by atoms with E-state index in [0.717, 1.165) is 5.75 Å². The summed E-state index contributed by atoms with van der Waals surface area (Å²) in [6, 6.07) is 16.7. The van der Waals surface area contributed by atoms with Gasteiger partial charge in [-0.15, -0.1) is 0 Å². The van der Waals surface area contributed by atoms with E-state index in [1.165, 1.54) is 16.7 Å². The molecule has 0 amide bonds. The SMILES string of the molecule is Cc1ccc(COCC2(C)COc3ccccc32)cc1. The Labute approximate surface area is 120 Å². The number of benzene rings is 2. The van der Waals surface area contributed by atoms with Crippen LogP contribution in [0.15, 0.2) is 48.5 Å². The van der Waals surface area contributed by atoms with Crippen molar-refractivity contribution in [1.29, 1.82) is 0 Å². The molecule has 1 heterocycles. The number of ether oxygens (including phenoxy) is 2. The first-order valence-corrected chi connectivity index (χ1v) is 7.03.